The number of nitrogens with zero attached hydrogens (tertiary/aromatic N) is 3. The summed E-state index contributed by atoms with van der Waals surface area (Å²) in [5.41, 5.74) is 1.39. The van der Waals surface area contributed by atoms with Gasteiger partial charge in [-0.3, -0.25) is 14.9 Å². The van der Waals surface area contributed by atoms with Crippen LogP contribution in [0.25, 0.3) is 0 Å². The second kappa shape index (κ2) is 10.8. The lowest BCUT2D eigenvalue weighted by atomic mass is 9.90. The van der Waals surface area contributed by atoms with Crippen molar-refractivity contribution < 1.29 is 23.9 Å². The maximum atomic E-state index is 13.1. The molecule has 2 aromatic heterocycles. The summed E-state index contributed by atoms with van der Waals surface area (Å²) in [5, 5.41) is 14.8. The van der Waals surface area contributed by atoms with E-state index in [1.807, 2.05) is 31.2 Å². The van der Waals surface area contributed by atoms with Crippen LogP contribution in [0.2, 0.25) is 0 Å². The van der Waals surface area contributed by atoms with E-state index in [0.717, 1.165) is 24.0 Å². The summed E-state index contributed by atoms with van der Waals surface area (Å²) in [6.45, 7) is 5.75. The Kier molecular flexibility index (Phi) is 7.56. The Bertz CT molecular complexity index is 1280. The number of anilines is 2. The molecule has 1 fully saturated rings. The number of carbonyl (C=O) groups excluding carboxylic acids is 2. The zero-order chi connectivity index (χ0) is 26.6. The number of oxazole rings is 1. The molecule has 1 aliphatic heterocycles. The summed E-state index contributed by atoms with van der Waals surface area (Å²) in [4.78, 5) is 47.1. The van der Waals surface area contributed by atoms with Crippen LogP contribution >= 0.6 is 0 Å². The standard InChI is InChI=1S/C27H31N5O5/c1-17-7-4-5-8-19(17)30-26(36)31-22-11-10-18(15-28-22)13-24(33)32-12-6-9-20(32)21-16-29-23(37-21)14-27(2,3)25(34)35/h4-5,7-8,10-11,15-16,20H,6,9,12-14H2,1-3H3,(H,34,35)(H2,28,30,31,36). The minimum Gasteiger partial charge on any atom is -0.481 e. The summed E-state index contributed by atoms with van der Waals surface area (Å²) >= 11 is 0. The zero-order valence-electron chi connectivity index (χ0n) is 21.2. The van der Waals surface area contributed by atoms with Gasteiger partial charge < -0.3 is 19.7 Å². The van der Waals surface area contributed by atoms with E-state index in [2.05, 4.69) is 20.6 Å². The first-order valence-corrected chi connectivity index (χ1v) is 12.2. The fourth-order valence-corrected chi connectivity index (χ4v) is 4.24. The van der Waals surface area contributed by atoms with Crippen LogP contribution in [0.1, 0.15) is 55.5 Å². The minimum absolute atomic E-state index is 0.0638. The van der Waals surface area contributed by atoms with Crippen molar-refractivity contribution in [1.29, 1.82) is 0 Å². The number of rotatable bonds is 8. The van der Waals surface area contributed by atoms with Gasteiger partial charge in [0.25, 0.3) is 0 Å². The first kappa shape index (κ1) is 25.9. The third-order valence-electron chi connectivity index (χ3n) is 6.46. The van der Waals surface area contributed by atoms with Crippen molar-refractivity contribution in [3.8, 4) is 0 Å². The number of likely N-dealkylation sites (tertiary alicyclic amines) is 1. The third kappa shape index (κ3) is 6.32. The molecule has 0 saturated carbocycles. The second-order valence-electron chi connectivity index (χ2n) is 9.89. The van der Waals surface area contributed by atoms with Crippen LogP contribution in [0.4, 0.5) is 16.3 Å². The molecular weight excluding hydrogens is 474 g/mol. The van der Waals surface area contributed by atoms with Gasteiger partial charge in [-0.15, -0.1) is 0 Å². The van der Waals surface area contributed by atoms with E-state index in [-0.39, 0.29) is 24.8 Å². The van der Waals surface area contributed by atoms with Gasteiger partial charge in [0.1, 0.15) is 11.6 Å². The maximum absolute atomic E-state index is 13.1. The minimum atomic E-state index is -0.998. The summed E-state index contributed by atoms with van der Waals surface area (Å²) in [6, 6.07) is 10.3. The van der Waals surface area contributed by atoms with Crippen LogP contribution in [-0.2, 0) is 22.4 Å². The smallest absolute Gasteiger partial charge is 0.324 e. The molecule has 0 radical (unpaired) electrons. The fourth-order valence-electron chi connectivity index (χ4n) is 4.24. The number of aromatic nitrogens is 2. The topological polar surface area (TPSA) is 138 Å². The molecule has 1 aromatic carbocycles. The second-order valence-corrected chi connectivity index (χ2v) is 9.89. The van der Waals surface area contributed by atoms with E-state index in [1.165, 1.54) is 0 Å². The van der Waals surface area contributed by atoms with Crippen LogP contribution in [0.15, 0.2) is 53.2 Å². The van der Waals surface area contributed by atoms with E-state index in [1.54, 1.807) is 43.3 Å². The first-order chi connectivity index (χ1) is 17.6. The summed E-state index contributed by atoms with van der Waals surface area (Å²) < 4.78 is 5.86. The Hall–Kier alpha value is -4.21. The molecule has 1 unspecified atom stereocenters. The Labute approximate surface area is 215 Å². The molecule has 10 heteroatoms. The molecule has 4 rings (SSSR count). The molecule has 0 spiro atoms. The SMILES string of the molecule is Cc1ccccc1NC(=O)Nc1ccc(CC(=O)N2CCCC2c2cnc(CC(C)(C)C(=O)O)o2)cn1. The zero-order valence-corrected chi connectivity index (χ0v) is 21.2. The molecule has 0 aliphatic carbocycles. The van der Waals surface area contributed by atoms with Crippen molar-refractivity contribution >= 4 is 29.4 Å². The molecule has 194 valence electrons. The summed E-state index contributed by atoms with van der Waals surface area (Å²) in [6.07, 6.45) is 5.08. The molecule has 37 heavy (non-hydrogen) atoms. The highest BCUT2D eigenvalue weighted by Gasteiger charge is 2.34. The molecule has 10 nitrogen and oxygen atoms in total. The van der Waals surface area contributed by atoms with E-state index in [0.29, 0.717) is 29.7 Å². The van der Waals surface area contributed by atoms with E-state index >= 15 is 0 Å². The van der Waals surface area contributed by atoms with Gasteiger partial charge >= 0.3 is 12.0 Å². The monoisotopic (exact) mass is 505 g/mol. The normalized spacial score (nSPS) is 15.4. The lowest BCUT2D eigenvalue weighted by Crippen LogP contribution is -2.31. The van der Waals surface area contributed by atoms with Gasteiger partial charge in [0.15, 0.2) is 5.89 Å². The van der Waals surface area contributed by atoms with Gasteiger partial charge in [-0.1, -0.05) is 24.3 Å². The lowest BCUT2D eigenvalue weighted by molar-refractivity contribution is -0.147. The number of para-hydroxylation sites is 1. The first-order valence-electron chi connectivity index (χ1n) is 12.2. The molecule has 3 aromatic rings. The highest BCUT2D eigenvalue weighted by atomic mass is 16.4. The predicted octanol–water partition coefficient (Wildman–Crippen LogP) is 4.58. The highest BCUT2D eigenvalue weighted by Crippen LogP contribution is 2.34. The van der Waals surface area contributed by atoms with E-state index in [4.69, 9.17) is 4.42 Å². The molecule has 1 atom stereocenters. The molecule has 0 bridgehead atoms. The van der Waals surface area contributed by atoms with Crippen molar-refractivity contribution in [2.75, 3.05) is 17.2 Å². The fraction of sp³-hybridized carbons (Fsp3) is 0.370. The van der Waals surface area contributed by atoms with Crippen LogP contribution in [-0.4, -0.2) is 44.4 Å². The number of hydrogen-bond acceptors (Lipinski definition) is 6. The highest BCUT2D eigenvalue weighted by molar-refractivity contribution is 5.99. The van der Waals surface area contributed by atoms with Crippen LogP contribution in [0, 0.1) is 12.3 Å². The lowest BCUT2D eigenvalue weighted by Gasteiger charge is -2.23. The average Bonchev–Trinajstić information content (AvgIpc) is 3.51. The number of nitrogens with one attached hydrogen (secondary N) is 2. The number of aliphatic carboxylic acids is 1. The predicted molar refractivity (Wildman–Crippen MR) is 137 cm³/mol. The van der Waals surface area contributed by atoms with Gasteiger partial charge in [0.05, 0.1) is 24.1 Å². The quantitative estimate of drug-likeness (QED) is 0.407. The Morgan fingerprint density at radius 3 is 2.59 bits per heavy atom. The van der Waals surface area contributed by atoms with Gasteiger partial charge in [-0.05, 0) is 56.9 Å². The Morgan fingerprint density at radius 2 is 1.89 bits per heavy atom. The number of pyridine rings is 1. The third-order valence-corrected chi connectivity index (χ3v) is 6.46. The summed E-state index contributed by atoms with van der Waals surface area (Å²) in [5.74, 6) is 0.303. The largest absolute Gasteiger partial charge is 0.481 e. The number of hydrogen-bond donors (Lipinski definition) is 3. The molecule has 1 aliphatic rings. The van der Waals surface area contributed by atoms with Crippen molar-refractivity contribution in [3.05, 3.63) is 71.6 Å². The number of urea groups is 1. The molecule has 3 N–H and O–H groups in total. The van der Waals surface area contributed by atoms with Gasteiger partial charge in [-0.2, -0.15) is 0 Å². The van der Waals surface area contributed by atoms with E-state index in [9.17, 15) is 19.5 Å². The van der Waals surface area contributed by atoms with Crippen molar-refractivity contribution in [2.45, 2.75) is 52.5 Å². The maximum Gasteiger partial charge on any atom is 0.324 e. The van der Waals surface area contributed by atoms with Crippen LogP contribution in [0.3, 0.4) is 0 Å². The van der Waals surface area contributed by atoms with Gasteiger partial charge in [0.2, 0.25) is 5.91 Å². The number of carboxylic acids is 1. The molecular formula is C27H31N5O5. The number of aryl methyl sites for hydroxylation is 1. The van der Waals surface area contributed by atoms with Crippen molar-refractivity contribution in [3.63, 3.8) is 0 Å². The molecule has 3 heterocycles. The number of carbonyl (C=O) groups is 3. The average molecular weight is 506 g/mol. The van der Waals surface area contributed by atoms with Gasteiger partial charge in [-0.25, -0.2) is 14.8 Å². The van der Waals surface area contributed by atoms with E-state index < -0.39 is 17.4 Å². The molecule has 3 amide bonds. The molecule has 1 saturated heterocycles. The Balaban J connectivity index is 1.34. The van der Waals surface area contributed by atoms with Crippen LogP contribution in [0.5, 0.6) is 0 Å². The number of amides is 3. The number of carboxylic acid groups (broad SMARTS) is 1. The van der Waals surface area contributed by atoms with Crippen LogP contribution < -0.4 is 10.6 Å². The van der Waals surface area contributed by atoms with Gasteiger partial charge in [0, 0.05) is 24.8 Å². The van der Waals surface area contributed by atoms with Crippen molar-refractivity contribution in [1.82, 2.24) is 14.9 Å². The van der Waals surface area contributed by atoms with Crippen molar-refractivity contribution in [2.24, 2.45) is 5.41 Å². The Morgan fingerprint density at radius 1 is 1.11 bits per heavy atom. The summed E-state index contributed by atoms with van der Waals surface area (Å²) in [7, 11) is 0. The number of benzene rings is 1.